The van der Waals surface area contributed by atoms with E-state index in [0.29, 0.717) is 35.8 Å². The molecule has 1 amide bonds. The molecule has 6 rings (SSSR count). The molecule has 0 radical (unpaired) electrons. The summed E-state index contributed by atoms with van der Waals surface area (Å²) in [6.07, 6.45) is -0.0394. The van der Waals surface area contributed by atoms with E-state index < -0.39 is 17.6 Å². The minimum Gasteiger partial charge on any atom is -0.494 e. The molecule has 0 unspecified atom stereocenters. The first-order chi connectivity index (χ1) is 23.4. The van der Waals surface area contributed by atoms with Crippen molar-refractivity contribution in [2.24, 2.45) is 4.99 Å². The number of aliphatic hydroxyl groups is 1. The first-order valence-electron chi connectivity index (χ1n) is 15.7. The van der Waals surface area contributed by atoms with Gasteiger partial charge in [-0.05, 0) is 64.7 Å². The largest absolute Gasteiger partial charge is 0.494 e. The zero-order valence-electron chi connectivity index (χ0n) is 26.1. The van der Waals surface area contributed by atoms with E-state index in [0.717, 1.165) is 26.7 Å². The third kappa shape index (κ3) is 7.65. The Morgan fingerprint density at radius 2 is 1.52 bits per heavy atom. The van der Waals surface area contributed by atoms with Crippen molar-refractivity contribution >= 4 is 27.7 Å². The summed E-state index contributed by atoms with van der Waals surface area (Å²) in [5.74, 6) is 0.178. The van der Waals surface area contributed by atoms with Gasteiger partial charge in [0.15, 0.2) is 11.6 Å². The van der Waals surface area contributed by atoms with Gasteiger partial charge in [-0.1, -0.05) is 101 Å². The van der Waals surface area contributed by atoms with E-state index in [9.17, 15) is 9.18 Å². The van der Waals surface area contributed by atoms with E-state index in [1.807, 2.05) is 103 Å². The van der Waals surface area contributed by atoms with E-state index in [1.165, 1.54) is 6.07 Å². The molecule has 1 aliphatic rings. The van der Waals surface area contributed by atoms with Crippen molar-refractivity contribution in [3.05, 3.63) is 160 Å². The number of amides is 1. The summed E-state index contributed by atoms with van der Waals surface area (Å²) < 4.78 is 27.7. The van der Waals surface area contributed by atoms with Crippen LogP contribution in [0.2, 0.25) is 0 Å². The van der Waals surface area contributed by atoms with Gasteiger partial charge in [0.2, 0.25) is 5.90 Å². The van der Waals surface area contributed by atoms with Gasteiger partial charge in [0.25, 0.3) is 5.91 Å². The Labute approximate surface area is 287 Å². The lowest BCUT2D eigenvalue weighted by molar-refractivity contribution is -0.130. The van der Waals surface area contributed by atoms with E-state index in [-0.39, 0.29) is 25.4 Å². The zero-order valence-corrected chi connectivity index (χ0v) is 27.7. The third-order valence-electron chi connectivity index (χ3n) is 8.18. The highest BCUT2D eigenvalue weighted by Crippen LogP contribution is 2.43. The number of rotatable bonds is 13. The number of ether oxygens (including phenoxy) is 2. The Morgan fingerprint density at radius 3 is 2.23 bits per heavy atom. The number of carbonyl (C=O) groups excluding carboxylic acids is 1. The first kappa shape index (κ1) is 33.1. The standard InChI is InChI=1S/C39H35BrFN3O4/c40-33-19-11-27(12-20-33)25-39(38(46)44-42-26-32-9-4-5-10-35(32)41)36(30-15-13-29(14-16-30)28-7-2-1-3-8-28)48-37(43-39)31-17-21-34(22-18-31)47-24-6-23-45/h1-5,7-22,36,42,45H,6,23-26H2,(H,44,46)/t36-,39-/m0/s1. The average molecular weight is 709 g/mol. The second-order valence-corrected chi connectivity index (χ2v) is 12.4. The lowest BCUT2D eigenvalue weighted by Gasteiger charge is -2.31. The van der Waals surface area contributed by atoms with Gasteiger partial charge in [-0.2, -0.15) is 0 Å². The van der Waals surface area contributed by atoms with Crippen LogP contribution in [0.5, 0.6) is 5.75 Å². The van der Waals surface area contributed by atoms with Crippen molar-refractivity contribution in [3.63, 3.8) is 0 Å². The van der Waals surface area contributed by atoms with Gasteiger partial charge in [0.05, 0.1) is 6.61 Å². The van der Waals surface area contributed by atoms with Gasteiger partial charge in [0, 0.05) is 41.6 Å². The number of hydrogen-bond donors (Lipinski definition) is 3. The number of nitrogens with one attached hydrogen (secondary N) is 2. The van der Waals surface area contributed by atoms with Crippen LogP contribution in [0.3, 0.4) is 0 Å². The Kier molecular flexibility index (Phi) is 10.6. The second-order valence-electron chi connectivity index (χ2n) is 11.5. The molecule has 0 spiro atoms. The van der Waals surface area contributed by atoms with Gasteiger partial charge in [-0.25, -0.2) is 14.8 Å². The number of benzene rings is 5. The molecule has 0 saturated carbocycles. The van der Waals surface area contributed by atoms with Crippen LogP contribution in [0.4, 0.5) is 4.39 Å². The van der Waals surface area contributed by atoms with Crippen LogP contribution in [0.25, 0.3) is 11.1 Å². The molecule has 1 heterocycles. The second kappa shape index (κ2) is 15.4. The van der Waals surface area contributed by atoms with Gasteiger partial charge >= 0.3 is 0 Å². The molecule has 0 bridgehead atoms. The molecule has 244 valence electrons. The molecule has 9 heteroatoms. The Morgan fingerprint density at radius 1 is 0.854 bits per heavy atom. The lowest BCUT2D eigenvalue weighted by Crippen LogP contribution is -2.53. The quantitative estimate of drug-likeness (QED) is 0.0880. The molecule has 5 aromatic carbocycles. The van der Waals surface area contributed by atoms with Gasteiger partial charge in [-0.3, -0.25) is 10.2 Å². The van der Waals surface area contributed by atoms with Crippen LogP contribution >= 0.6 is 15.9 Å². The maximum Gasteiger partial charge on any atom is 0.266 e. The Bertz CT molecular complexity index is 1850. The van der Waals surface area contributed by atoms with Crippen LogP contribution in [0.1, 0.15) is 34.8 Å². The van der Waals surface area contributed by atoms with Crippen LogP contribution in [-0.4, -0.2) is 35.7 Å². The van der Waals surface area contributed by atoms with Crippen molar-refractivity contribution in [1.29, 1.82) is 0 Å². The fourth-order valence-electron chi connectivity index (χ4n) is 5.65. The topological polar surface area (TPSA) is 92.2 Å². The molecule has 5 aromatic rings. The molecule has 0 fully saturated rings. The van der Waals surface area contributed by atoms with Crippen molar-refractivity contribution in [1.82, 2.24) is 10.9 Å². The smallest absolute Gasteiger partial charge is 0.266 e. The van der Waals surface area contributed by atoms with Gasteiger partial charge in [0.1, 0.15) is 11.6 Å². The molecule has 1 aliphatic heterocycles. The highest BCUT2D eigenvalue weighted by Gasteiger charge is 2.53. The molecule has 0 saturated heterocycles. The number of nitrogens with zero attached hydrogens (tertiary/aromatic N) is 1. The molecule has 0 aliphatic carbocycles. The molecular formula is C39H35BrFN3O4. The highest BCUT2D eigenvalue weighted by atomic mass is 79.9. The summed E-state index contributed by atoms with van der Waals surface area (Å²) in [5.41, 5.74) is 9.18. The van der Waals surface area contributed by atoms with Crippen molar-refractivity contribution in [3.8, 4) is 16.9 Å². The summed E-state index contributed by atoms with van der Waals surface area (Å²) in [6.45, 7) is 0.525. The Hall–Kier alpha value is -4.83. The van der Waals surface area contributed by atoms with E-state index in [4.69, 9.17) is 19.6 Å². The number of hydrazine groups is 1. The van der Waals surface area contributed by atoms with E-state index in [1.54, 1.807) is 18.2 Å². The average Bonchev–Trinajstić information content (AvgIpc) is 3.51. The molecule has 2 atom stereocenters. The number of halogens is 2. The van der Waals surface area contributed by atoms with Crippen LogP contribution < -0.4 is 15.6 Å². The molecule has 7 nitrogen and oxygen atoms in total. The molecule has 48 heavy (non-hydrogen) atoms. The first-order valence-corrected chi connectivity index (χ1v) is 16.5. The van der Waals surface area contributed by atoms with Gasteiger partial charge in [-0.15, -0.1) is 0 Å². The number of carbonyl (C=O) groups is 1. The minimum absolute atomic E-state index is 0.0497. The lowest BCUT2D eigenvalue weighted by atomic mass is 9.82. The van der Waals surface area contributed by atoms with E-state index in [2.05, 4.69) is 26.8 Å². The summed E-state index contributed by atoms with van der Waals surface area (Å²) in [6, 6.07) is 39.5. The molecular weight excluding hydrogens is 673 g/mol. The summed E-state index contributed by atoms with van der Waals surface area (Å²) >= 11 is 3.51. The van der Waals surface area contributed by atoms with Gasteiger partial charge < -0.3 is 14.6 Å². The van der Waals surface area contributed by atoms with E-state index >= 15 is 0 Å². The predicted molar refractivity (Wildman–Crippen MR) is 188 cm³/mol. The number of aliphatic imine (C=N–C) groups is 1. The summed E-state index contributed by atoms with van der Waals surface area (Å²) in [5, 5.41) is 9.09. The van der Waals surface area contributed by atoms with Crippen molar-refractivity contribution in [2.75, 3.05) is 13.2 Å². The highest BCUT2D eigenvalue weighted by molar-refractivity contribution is 9.10. The van der Waals surface area contributed by atoms with Crippen LogP contribution in [0, 0.1) is 5.82 Å². The monoisotopic (exact) mass is 707 g/mol. The molecule has 3 N–H and O–H groups in total. The predicted octanol–water partition coefficient (Wildman–Crippen LogP) is 7.34. The minimum atomic E-state index is -1.43. The normalized spacial score (nSPS) is 17.0. The summed E-state index contributed by atoms with van der Waals surface area (Å²) in [4.78, 5) is 19.5. The van der Waals surface area contributed by atoms with Crippen LogP contribution in [0.15, 0.2) is 137 Å². The SMILES string of the molecule is O=C(NNCc1ccccc1F)[C@@]1(Cc2ccc(Br)cc2)N=C(c2ccc(OCCCO)cc2)O[C@H]1c1ccc(-c2ccccc2)cc1. The van der Waals surface area contributed by atoms with Crippen molar-refractivity contribution in [2.45, 2.75) is 31.0 Å². The molecule has 0 aromatic heterocycles. The zero-order chi connectivity index (χ0) is 33.3. The fraction of sp³-hybridized carbons (Fsp3) is 0.179. The third-order valence-corrected chi connectivity index (χ3v) is 8.70. The maximum absolute atomic E-state index is 14.5. The summed E-state index contributed by atoms with van der Waals surface area (Å²) in [7, 11) is 0. The number of hydrogen-bond acceptors (Lipinski definition) is 6. The fourth-order valence-corrected chi connectivity index (χ4v) is 5.91. The number of aliphatic hydroxyl groups excluding tert-OH is 1. The van der Waals surface area contributed by atoms with Crippen LogP contribution in [-0.2, 0) is 22.5 Å². The maximum atomic E-state index is 14.5. The Balaban J connectivity index is 1.38. The van der Waals surface area contributed by atoms with Crippen molar-refractivity contribution < 1.29 is 23.8 Å².